The lowest BCUT2D eigenvalue weighted by Gasteiger charge is -2.36. The van der Waals surface area contributed by atoms with E-state index in [4.69, 9.17) is 0 Å². The molecule has 0 unspecified atom stereocenters. The maximum absolute atomic E-state index is 12.9. The van der Waals surface area contributed by atoms with Crippen molar-refractivity contribution in [2.24, 2.45) is 5.92 Å². The average molecular weight is 379 g/mol. The Hall–Kier alpha value is -1.40. The molecule has 0 bridgehead atoms. The van der Waals surface area contributed by atoms with Gasteiger partial charge in [-0.25, -0.2) is 8.42 Å². The van der Waals surface area contributed by atoms with Gasteiger partial charge < -0.3 is 4.90 Å². The smallest absolute Gasteiger partial charge is 0.243 e. The van der Waals surface area contributed by atoms with Crippen LogP contribution in [0.4, 0.5) is 0 Å². The molecule has 144 valence electrons. The molecule has 26 heavy (non-hydrogen) atoms. The molecule has 5 nitrogen and oxygen atoms in total. The van der Waals surface area contributed by atoms with E-state index in [0.717, 1.165) is 44.1 Å². The number of hydrogen-bond acceptors (Lipinski definition) is 3. The van der Waals surface area contributed by atoms with Crippen LogP contribution in [-0.4, -0.2) is 49.7 Å². The second-order valence-electron chi connectivity index (χ2n) is 7.46. The first-order chi connectivity index (χ1) is 12.5. The molecule has 2 aliphatic rings. The minimum Gasteiger partial charge on any atom is -0.340 e. The Balaban J connectivity index is 1.60. The number of rotatable bonds is 5. The second-order valence-corrected chi connectivity index (χ2v) is 9.40. The first-order valence-electron chi connectivity index (χ1n) is 9.90. The zero-order valence-electron chi connectivity index (χ0n) is 15.7. The molecule has 0 atom stereocenters. The van der Waals surface area contributed by atoms with Crippen molar-refractivity contribution in [3.8, 4) is 0 Å². The second kappa shape index (κ2) is 8.53. The fourth-order valence-electron chi connectivity index (χ4n) is 4.02. The van der Waals surface area contributed by atoms with E-state index in [1.807, 2.05) is 17.0 Å². The molecule has 0 radical (unpaired) electrons. The van der Waals surface area contributed by atoms with E-state index >= 15 is 0 Å². The average Bonchev–Trinajstić information content (AvgIpc) is 2.69. The van der Waals surface area contributed by atoms with Crippen molar-refractivity contribution in [2.75, 3.05) is 26.2 Å². The van der Waals surface area contributed by atoms with Crippen LogP contribution in [0.5, 0.6) is 0 Å². The molecule has 0 aromatic heterocycles. The van der Waals surface area contributed by atoms with Crippen molar-refractivity contribution < 1.29 is 13.2 Å². The Kier molecular flexibility index (Phi) is 6.35. The van der Waals surface area contributed by atoms with Gasteiger partial charge in [-0.1, -0.05) is 44.7 Å². The van der Waals surface area contributed by atoms with Crippen LogP contribution in [0.1, 0.15) is 51.0 Å². The molecule has 6 heteroatoms. The van der Waals surface area contributed by atoms with Gasteiger partial charge in [0, 0.05) is 32.1 Å². The number of aryl methyl sites for hydroxylation is 1. The minimum atomic E-state index is -3.47. The molecule has 1 aromatic rings. The molecule has 1 amide bonds. The molecule has 1 aliphatic carbocycles. The van der Waals surface area contributed by atoms with Crippen LogP contribution < -0.4 is 0 Å². The standard InChI is InChI=1S/C20H30N2O3S/c1-2-6-17-9-11-19(12-10-17)26(24,25)22-15-13-21(14-16-22)20(23)18-7-4-3-5-8-18/h9-12,18H,2-8,13-16H2,1H3. The summed E-state index contributed by atoms with van der Waals surface area (Å²) in [6.45, 7) is 3.89. The number of piperazine rings is 1. The molecule has 1 saturated carbocycles. The molecule has 3 rings (SSSR count). The lowest BCUT2D eigenvalue weighted by Crippen LogP contribution is -2.52. The van der Waals surface area contributed by atoms with Crippen LogP contribution in [0.2, 0.25) is 0 Å². The summed E-state index contributed by atoms with van der Waals surface area (Å²) in [5.41, 5.74) is 1.16. The topological polar surface area (TPSA) is 57.7 Å². The summed E-state index contributed by atoms with van der Waals surface area (Å²) in [7, 11) is -3.47. The molecule has 1 saturated heterocycles. The highest BCUT2D eigenvalue weighted by atomic mass is 32.2. The summed E-state index contributed by atoms with van der Waals surface area (Å²) >= 11 is 0. The van der Waals surface area contributed by atoms with Crippen LogP contribution >= 0.6 is 0 Å². The highest BCUT2D eigenvalue weighted by Crippen LogP contribution is 2.26. The zero-order chi connectivity index (χ0) is 18.6. The third kappa shape index (κ3) is 4.29. The van der Waals surface area contributed by atoms with Gasteiger partial charge in [-0.15, -0.1) is 0 Å². The molecular formula is C20H30N2O3S. The maximum atomic E-state index is 12.9. The SMILES string of the molecule is CCCc1ccc(S(=O)(=O)N2CCN(C(=O)C3CCCCC3)CC2)cc1. The van der Waals surface area contributed by atoms with Crippen molar-refractivity contribution in [2.45, 2.75) is 56.8 Å². The minimum absolute atomic E-state index is 0.151. The molecule has 1 aromatic carbocycles. The monoisotopic (exact) mass is 378 g/mol. The predicted octanol–water partition coefficient (Wildman–Crippen LogP) is 3.05. The molecule has 0 spiro atoms. The lowest BCUT2D eigenvalue weighted by molar-refractivity contribution is -0.137. The highest BCUT2D eigenvalue weighted by molar-refractivity contribution is 7.89. The first-order valence-corrected chi connectivity index (χ1v) is 11.3. The van der Waals surface area contributed by atoms with Crippen molar-refractivity contribution in [1.82, 2.24) is 9.21 Å². The van der Waals surface area contributed by atoms with Gasteiger partial charge in [0.25, 0.3) is 0 Å². The van der Waals surface area contributed by atoms with Gasteiger partial charge >= 0.3 is 0 Å². The van der Waals surface area contributed by atoms with E-state index in [-0.39, 0.29) is 11.8 Å². The number of hydrogen-bond donors (Lipinski definition) is 0. The Morgan fingerprint density at radius 1 is 1.00 bits per heavy atom. The summed E-state index contributed by atoms with van der Waals surface area (Å²) in [5.74, 6) is 0.378. The molecule has 2 fully saturated rings. The fourth-order valence-corrected chi connectivity index (χ4v) is 5.44. The van der Waals surface area contributed by atoms with E-state index in [1.54, 1.807) is 12.1 Å². The van der Waals surface area contributed by atoms with Crippen LogP contribution in [0, 0.1) is 5.92 Å². The first kappa shape index (κ1) is 19.4. The van der Waals surface area contributed by atoms with E-state index in [0.29, 0.717) is 31.1 Å². The van der Waals surface area contributed by atoms with E-state index < -0.39 is 10.0 Å². The number of carbonyl (C=O) groups excluding carboxylic acids is 1. The lowest BCUT2D eigenvalue weighted by atomic mass is 9.88. The Morgan fingerprint density at radius 3 is 2.19 bits per heavy atom. The number of carbonyl (C=O) groups is 1. The summed E-state index contributed by atoms with van der Waals surface area (Å²) in [5, 5.41) is 0. The van der Waals surface area contributed by atoms with Crippen molar-refractivity contribution in [3.63, 3.8) is 0 Å². The number of benzene rings is 1. The van der Waals surface area contributed by atoms with Gasteiger partial charge in [-0.2, -0.15) is 4.31 Å². The highest BCUT2D eigenvalue weighted by Gasteiger charge is 2.32. The molecule has 1 aliphatic heterocycles. The number of sulfonamides is 1. The van der Waals surface area contributed by atoms with Crippen LogP contribution in [-0.2, 0) is 21.2 Å². The maximum Gasteiger partial charge on any atom is 0.243 e. The Bertz CT molecular complexity index is 701. The summed E-state index contributed by atoms with van der Waals surface area (Å²) in [4.78, 5) is 14.9. The zero-order valence-corrected chi connectivity index (χ0v) is 16.5. The largest absolute Gasteiger partial charge is 0.340 e. The van der Waals surface area contributed by atoms with Crippen LogP contribution in [0.3, 0.4) is 0 Å². The van der Waals surface area contributed by atoms with Crippen LogP contribution in [0.15, 0.2) is 29.2 Å². The molecule has 1 heterocycles. The van der Waals surface area contributed by atoms with E-state index in [9.17, 15) is 13.2 Å². The van der Waals surface area contributed by atoms with E-state index in [1.165, 1.54) is 10.7 Å². The fraction of sp³-hybridized carbons (Fsp3) is 0.650. The van der Waals surface area contributed by atoms with Gasteiger partial charge in [0.2, 0.25) is 15.9 Å². The summed E-state index contributed by atoms with van der Waals surface area (Å²) < 4.78 is 27.2. The third-order valence-corrected chi connectivity index (χ3v) is 7.52. The van der Waals surface area contributed by atoms with Gasteiger partial charge in [0.1, 0.15) is 0 Å². The Labute approximate surface area is 157 Å². The van der Waals surface area contributed by atoms with Gasteiger partial charge in [0.15, 0.2) is 0 Å². The molecular weight excluding hydrogens is 348 g/mol. The number of amides is 1. The Morgan fingerprint density at radius 2 is 1.62 bits per heavy atom. The van der Waals surface area contributed by atoms with E-state index in [2.05, 4.69) is 6.92 Å². The molecule has 0 N–H and O–H groups in total. The normalized spacial score (nSPS) is 20.3. The number of nitrogens with zero attached hydrogens (tertiary/aromatic N) is 2. The van der Waals surface area contributed by atoms with Gasteiger partial charge in [-0.05, 0) is 37.0 Å². The predicted molar refractivity (Wildman–Crippen MR) is 102 cm³/mol. The van der Waals surface area contributed by atoms with Crippen molar-refractivity contribution >= 4 is 15.9 Å². The van der Waals surface area contributed by atoms with Gasteiger partial charge in [-0.3, -0.25) is 4.79 Å². The quantitative estimate of drug-likeness (QED) is 0.791. The third-order valence-electron chi connectivity index (χ3n) is 5.60. The van der Waals surface area contributed by atoms with Crippen molar-refractivity contribution in [1.29, 1.82) is 0 Å². The summed E-state index contributed by atoms with van der Waals surface area (Å²) in [6.07, 6.45) is 7.48. The summed E-state index contributed by atoms with van der Waals surface area (Å²) in [6, 6.07) is 7.22. The van der Waals surface area contributed by atoms with Crippen molar-refractivity contribution in [3.05, 3.63) is 29.8 Å². The van der Waals surface area contributed by atoms with Gasteiger partial charge in [0.05, 0.1) is 4.90 Å². The van der Waals surface area contributed by atoms with Crippen LogP contribution in [0.25, 0.3) is 0 Å².